The van der Waals surface area contributed by atoms with Gasteiger partial charge in [0.1, 0.15) is 11.9 Å². The summed E-state index contributed by atoms with van der Waals surface area (Å²) >= 11 is 0. The Morgan fingerprint density at radius 1 is 1.18 bits per heavy atom. The molecule has 0 bridgehead atoms. The van der Waals surface area contributed by atoms with Gasteiger partial charge in [-0.3, -0.25) is 4.79 Å². The summed E-state index contributed by atoms with van der Waals surface area (Å²) in [7, 11) is 3.18. The third-order valence-electron chi connectivity index (χ3n) is 5.35. The molecule has 10 heteroatoms. The molecule has 0 aromatic carbocycles. The first-order chi connectivity index (χ1) is 15.9. The Morgan fingerprint density at radius 3 is 2.55 bits per heavy atom. The van der Waals surface area contributed by atoms with Gasteiger partial charge < -0.3 is 19.4 Å². The van der Waals surface area contributed by atoms with Crippen molar-refractivity contribution in [2.45, 2.75) is 0 Å². The van der Waals surface area contributed by atoms with Crippen LogP contribution in [0.1, 0.15) is 5.56 Å². The maximum absolute atomic E-state index is 12.0. The Bertz CT molecular complexity index is 1290. The van der Waals surface area contributed by atoms with E-state index in [2.05, 4.69) is 27.0 Å². The highest BCUT2D eigenvalue weighted by molar-refractivity contribution is 5.93. The van der Waals surface area contributed by atoms with Crippen LogP contribution < -0.4 is 9.64 Å². The number of carbonyl (C=O) groups is 2. The molecule has 33 heavy (non-hydrogen) atoms. The van der Waals surface area contributed by atoms with Gasteiger partial charge in [0, 0.05) is 57.6 Å². The number of anilines is 1. The van der Waals surface area contributed by atoms with Crippen LogP contribution in [0.15, 0.2) is 36.8 Å². The van der Waals surface area contributed by atoms with E-state index < -0.39 is 6.09 Å². The molecule has 0 saturated carbocycles. The zero-order valence-electron chi connectivity index (χ0n) is 18.2. The smallest absolute Gasteiger partial charge is 0.409 e. The molecule has 0 aliphatic carbocycles. The number of carbonyl (C=O) groups excluding carboxylic acids is 2. The highest BCUT2D eigenvalue weighted by Gasteiger charge is 2.21. The lowest BCUT2D eigenvalue weighted by atomic mass is 10.1. The number of hydrogen-bond acceptors (Lipinski definition) is 7. The molecule has 1 aliphatic rings. The fraction of sp³-hybridized carbons (Fsp3) is 0.261. The topological polar surface area (TPSA) is 107 Å². The molecule has 0 atom stereocenters. The second kappa shape index (κ2) is 8.89. The van der Waals surface area contributed by atoms with Crippen molar-refractivity contribution < 1.29 is 14.3 Å². The summed E-state index contributed by atoms with van der Waals surface area (Å²) in [5.41, 5.74) is 2.40. The standard InChI is InChI=1S/C23H21N7O3/c1-4-21(31)29-9-7-28(8-10-29)20-6-5-16(13-25-20)19-11-18(33-23(32)27(2)3)15-30-22(19)17(12-24)14-26-30/h1,5-6,11,13-15H,7-10H2,2-3H3. The molecular weight excluding hydrogens is 422 g/mol. The first-order valence-corrected chi connectivity index (χ1v) is 10.2. The van der Waals surface area contributed by atoms with Gasteiger partial charge in [-0.1, -0.05) is 0 Å². The molecule has 1 fully saturated rings. The van der Waals surface area contributed by atoms with E-state index in [1.54, 1.807) is 37.5 Å². The quantitative estimate of drug-likeness (QED) is 0.566. The predicted molar refractivity (Wildman–Crippen MR) is 120 cm³/mol. The third-order valence-corrected chi connectivity index (χ3v) is 5.35. The Kier molecular flexibility index (Phi) is 5.83. The molecule has 2 amide bonds. The van der Waals surface area contributed by atoms with Gasteiger partial charge >= 0.3 is 6.09 Å². The van der Waals surface area contributed by atoms with Crippen LogP contribution in [0.25, 0.3) is 16.6 Å². The summed E-state index contributed by atoms with van der Waals surface area (Å²) in [6.07, 6.45) is 9.40. The van der Waals surface area contributed by atoms with Crippen molar-refractivity contribution >= 4 is 23.3 Å². The van der Waals surface area contributed by atoms with Gasteiger partial charge in [-0.15, -0.1) is 6.42 Å². The second-order valence-electron chi connectivity index (χ2n) is 7.64. The fourth-order valence-electron chi connectivity index (χ4n) is 3.61. The van der Waals surface area contributed by atoms with E-state index in [0.717, 1.165) is 11.4 Å². The fourth-order valence-corrected chi connectivity index (χ4v) is 3.61. The van der Waals surface area contributed by atoms with Crippen molar-refractivity contribution in [3.8, 4) is 35.3 Å². The minimum absolute atomic E-state index is 0.294. The largest absolute Gasteiger partial charge is 0.414 e. The maximum atomic E-state index is 12.0. The number of amides is 2. The van der Waals surface area contributed by atoms with E-state index in [9.17, 15) is 14.9 Å². The molecular formula is C23H21N7O3. The highest BCUT2D eigenvalue weighted by atomic mass is 16.6. The Hall–Kier alpha value is -4.57. The third kappa shape index (κ3) is 4.27. The SMILES string of the molecule is C#CC(=O)N1CCN(c2ccc(-c3cc(OC(=O)N(C)C)cn4ncc(C#N)c34)cn2)CC1. The van der Waals surface area contributed by atoms with Crippen LogP contribution in [-0.2, 0) is 4.79 Å². The zero-order valence-corrected chi connectivity index (χ0v) is 18.2. The van der Waals surface area contributed by atoms with Gasteiger partial charge in [0.2, 0.25) is 0 Å². The summed E-state index contributed by atoms with van der Waals surface area (Å²) < 4.78 is 6.93. The molecule has 0 N–H and O–H groups in total. The molecule has 0 spiro atoms. The van der Waals surface area contributed by atoms with Gasteiger partial charge in [0.25, 0.3) is 5.91 Å². The zero-order chi connectivity index (χ0) is 23.5. The normalized spacial score (nSPS) is 13.3. The Morgan fingerprint density at radius 2 is 1.94 bits per heavy atom. The predicted octanol–water partition coefficient (Wildman–Crippen LogP) is 1.61. The lowest BCUT2D eigenvalue weighted by molar-refractivity contribution is -0.125. The summed E-state index contributed by atoms with van der Waals surface area (Å²) in [5.74, 6) is 2.91. The number of rotatable bonds is 3. The van der Waals surface area contributed by atoms with Gasteiger partial charge in [-0.05, 0) is 24.1 Å². The van der Waals surface area contributed by atoms with E-state index in [1.807, 2.05) is 12.1 Å². The average molecular weight is 443 g/mol. The first kappa shape index (κ1) is 21.7. The van der Waals surface area contributed by atoms with E-state index in [0.29, 0.717) is 48.6 Å². The summed E-state index contributed by atoms with van der Waals surface area (Å²) in [5, 5.41) is 13.7. The Balaban J connectivity index is 1.64. The number of ether oxygens (including phenoxy) is 1. The maximum Gasteiger partial charge on any atom is 0.414 e. The summed E-state index contributed by atoms with van der Waals surface area (Å²) in [6.45, 7) is 2.32. The number of fused-ring (bicyclic) bond motifs is 1. The molecule has 166 valence electrons. The minimum Gasteiger partial charge on any atom is -0.409 e. The average Bonchev–Trinajstić information content (AvgIpc) is 3.26. The lowest BCUT2D eigenvalue weighted by Crippen LogP contribution is -2.48. The van der Waals surface area contributed by atoms with Crippen molar-refractivity contribution in [3.63, 3.8) is 0 Å². The van der Waals surface area contributed by atoms with Crippen molar-refractivity contribution in [2.75, 3.05) is 45.2 Å². The van der Waals surface area contributed by atoms with Gasteiger partial charge in [-0.2, -0.15) is 10.4 Å². The molecule has 3 aromatic heterocycles. The van der Waals surface area contributed by atoms with Crippen LogP contribution in [-0.4, -0.2) is 76.7 Å². The first-order valence-electron chi connectivity index (χ1n) is 10.2. The van der Waals surface area contributed by atoms with Crippen molar-refractivity contribution in [2.24, 2.45) is 0 Å². The van der Waals surface area contributed by atoms with Crippen LogP contribution in [0, 0.1) is 23.7 Å². The van der Waals surface area contributed by atoms with Crippen molar-refractivity contribution in [3.05, 3.63) is 42.4 Å². The van der Waals surface area contributed by atoms with Crippen LogP contribution >= 0.6 is 0 Å². The van der Waals surface area contributed by atoms with Gasteiger partial charge in [-0.25, -0.2) is 14.3 Å². The molecule has 4 heterocycles. The number of terminal acetylenes is 1. The van der Waals surface area contributed by atoms with E-state index in [1.165, 1.54) is 15.6 Å². The van der Waals surface area contributed by atoms with Gasteiger partial charge in [0.05, 0.1) is 23.5 Å². The number of hydrogen-bond donors (Lipinski definition) is 0. The van der Waals surface area contributed by atoms with Crippen molar-refractivity contribution in [1.82, 2.24) is 24.4 Å². The summed E-state index contributed by atoms with van der Waals surface area (Å²) in [4.78, 5) is 33.3. The monoisotopic (exact) mass is 443 g/mol. The number of pyridine rings is 2. The minimum atomic E-state index is -0.524. The molecule has 0 unspecified atom stereocenters. The number of nitrogens with zero attached hydrogens (tertiary/aromatic N) is 7. The van der Waals surface area contributed by atoms with Crippen LogP contribution in [0.4, 0.5) is 10.6 Å². The van der Waals surface area contributed by atoms with E-state index >= 15 is 0 Å². The molecule has 3 aromatic rings. The molecule has 10 nitrogen and oxygen atoms in total. The number of nitriles is 1. The molecule has 4 rings (SSSR count). The number of aromatic nitrogens is 3. The number of piperazine rings is 1. The van der Waals surface area contributed by atoms with Crippen LogP contribution in [0.2, 0.25) is 0 Å². The van der Waals surface area contributed by atoms with Crippen LogP contribution in [0.5, 0.6) is 5.75 Å². The molecule has 0 radical (unpaired) electrons. The summed E-state index contributed by atoms with van der Waals surface area (Å²) in [6, 6.07) is 7.61. The second-order valence-corrected chi connectivity index (χ2v) is 7.64. The molecule has 1 aliphatic heterocycles. The van der Waals surface area contributed by atoms with Crippen molar-refractivity contribution in [1.29, 1.82) is 5.26 Å². The van der Waals surface area contributed by atoms with E-state index in [-0.39, 0.29) is 5.91 Å². The Labute approximate surface area is 190 Å². The van der Waals surface area contributed by atoms with Gasteiger partial charge in [0.15, 0.2) is 5.75 Å². The lowest BCUT2D eigenvalue weighted by Gasteiger charge is -2.34. The van der Waals surface area contributed by atoms with E-state index in [4.69, 9.17) is 11.2 Å². The van der Waals surface area contributed by atoms with Crippen LogP contribution in [0.3, 0.4) is 0 Å². The highest BCUT2D eigenvalue weighted by Crippen LogP contribution is 2.31. The molecule has 1 saturated heterocycles.